The van der Waals surface area contributed by atoms with Crippen molar-refractivity contribution in [1.29, 1.82) is 0 Å². The van der Waals surface area contributed by atoms with Gasteiger partial charge in [0.25, 0.3) is 5.91 Å². The van der Waals surface area contributed by atoms with Crippen molar-refractivity contribution in [2.45, 2.75) is 32.2 Å². The standard InChI is InChI=1S/C22H26N6O/c1-16-20(22(29)26-19-8-4-3-5-9-19)12-23-21(25-16)18-7-6-10-28(15-18)14-17-11-24-27(2)13-17/h3-5,8-9,11-13,18H,6-7,10,14-15H2,1-2H3,(H,26,29)/t18-/m0/s1. The molecule has 1 amide bonds. The number of hydrogen-bond donors (Lipinski definition) is 1. The van der Waals surface area contributed by atoms with E-state index in [1.165, 1.54) is 5.56 Å². The molecule has 1 N–H and O–H groups in total. The Morgan fingerprint density at radius 2 is 2.07 bits per heavy atom. The Balaban J connectivity index is 1.43. The van der Waals surface area contributed by atoms with E-state index in [4.69, 9.17) is 4.98 Å². The zero-order chi connectivity index (χ0) is 20.2. The van der Waals surface area contributed by atoms with Crippen molar-refractivity contribution >= 4 is 11.6 Å². The lowest BCUT2D eigenvalue weighted by atomic mass is 9.96. The summed E-state index contributed by atoms with van der Waals surface area (Å²) in [7, 11) is 1.94. The van der Waals surface area contributed by atoms with E-state index in [0.29, 0.717) is 11.3 Å². The second-order valence-electron chi connectivity index (χ2n) is 7.64. The first-order chi connectivity index (χ1) is 14.1. The lowest BCUT2D eigenvalue weighted by molar-refractivity contribution is 0.102. The molecule has 0 unspecified atom stereocenters. The predicted octanol–water partition coefficient (Wildman–Crippen LogP) is 3.15. The topological polar surface area (TPSA) is 75.9 Å². The predicted molar refractivity (Wildman–Crippen MR) is 112 cm³/mol. The Hall–Kier alpha value is -3.06. The van der Waals surface area contributed by atoms with Crippen LogP contribution in [-0.4, -0.2) is 43.6 Å². The molecule has 0 radical (unpaired) electrons. The number of aryl methyl sites for hydroxylation is 2. The van der Waals surface area contributed by atoms with E-state index in [1.807, 2.05) is 55.2 Å². The van der Waals surface area contributed by atoms with Gasteiger partial charge in [0, 0.05) is 49.7 Å². The highest BCUT2D eigenvalue weighted by molar-refractivity contribution is 6.04. The first kappa shape index (κ1) is 19.3. The number of benzene rings is 1. The highest BCUT2D eigenvalue weighted by Crippen LogP contribution is 2.26. The van der Waals surface area contributed by atoms with Crippen LogP contribution in [0.1, 0.15) is 46.2 Å². The SMILES string of the molecule is Cc1nc([C@H]2CCCN(Cc3cnn(C)c3)C2)ncc1C(=O)Nc1ccccc1. The average Bonchev–Trinajstić information content (AvgIpc) is 3.13. The number of piperidine rings is 1. The fourth-order valence-corrected chi connectivity index (χ4v) is 3.85. The van der Waals surface area contributed by atoms with Gasteiger partial charge in [0.05, 0.1) is 17.5 Å². The van der Waals surface area contributed by atoms with Crippen LogP contribution >= 0.6 is 0 Å². The third-order valence-electron chi connectivity index (χ3n) is 5.31. The van der Waals surface area contributed by atoms with E-state index in [9.17, 15) is 4.79 Å². The Bertz CT molecular complexity index is 984. The molecule has 1 atom stereocenters. The molecular formula is C22H26N6O. The third-order valence-corrected chi connectivity index (χ3v) is 5.31. The average molecular weight is 390 g/mol. The largest absolute Gasteiger partial charge is 0.322 e. The van der Waals surface area contributed by atoms with Crippen LogP contribution in [0.3, 0.4) is 0 Å². The van der Waals surface area contributed by atoms with Crippen molar-refractivity contribution in [3.63, 3.8) is 0 Å². The molecule has 0 spiro atoms. The lowest BCUT2D eigenvalue weighted by Crippen LogP contribution is -2.34. The third kappa shape index (κ3) is 4.68. The van der Waals surface area contributed by atoms with Crippen molar-refractivity contribution in [2.75, 3.05) is 18.4 Å². The van der Waals surface area contributed by atoms with Crippen LogP contribution in [0.5, 0.6) is 0 Å². The molecule has 29 heavy (non-hydrogen) atoms. The molecule has 0 aliphatic carbocycles. The molecule has 3 heterocycles. The van der Waals surface area contributed by atoms with Crippen molar-refractivity contribution < 1.29 is 4.79 Å². The minimum Gasteiger partial charge on any atom is -0.322 e. The van der Waals surface area contributed by atoms with Crippen molar-refractivity contribution in [3.05, 3.63) is 71.6 Å². The summed E-state index contributed by atoms with van der Waals surface area (Å²) < 4.78 is 1.84. The summed E-state index contributed by atoms with van der Waals surface area (Å²) in [6.45, 7) is 4.76. The number of anilines is 1. The van der Waals surface area contributed by atoms with Gasteiger partial charge in [-0.15, -0.1) is 0 Å². The summed E-state index contributed by atoms with van der Waals surface area (Å²) >= 11 is 0. The van der Waals surface area contributed by atoms with Crippen LogP contribution in [0.15, 0.2) is 48.9 Å². The normalized spacial score (nSPS) is 17.2. The summed E-state index contributed by atoms with van der Waals surface area (Å²) in [6, 6.07) is 9.42. The molecular weight excluding hydrogens is 364 g/mol. The Kier molecular flexibility index (Phi) is 5.67. The van der Waals surface area contributed by atoms with Crippen LogP contribution in [-0.2, 0) is 13.6 Å². The molecule has 1 fully saturated rings. The van der Waals surface area contributed by atoms with Crippen LogP contribution in [0.4, 0.5) is 5.69 Å². The van der Waals surface area contributed by atoms with Gasteiger partial charge in [0.1, 0.15) is 5.82 Å². The molecule has 7 heteroatoms. The number of nitrogens with zero attached hydrogens (tertiary/aromatic N) is 5. The molecule has 3 aromatic rings. The smallest absolute Gasteiger partial charge is 0.259 e. The van der Waals surface area contributed by atoms with E-state index in [-0.39, 0.29) is 11.8 Å². The zero-order valence-electron chi connectivity index (χ0n) is 16.9. The molecule has 1 aromatic carbocycles. The first-order valence-corrected chi connectivity index (χ1v) is 9.98. The molecule has 0 bridgehead atoms. The number of nitrogens with one attached hydrogen (secondary N) is 1. The van der Waals surface area contributed by atoms with E-state index >= 15 is 0 Å². The summed E-state index contributed by atoms with van der Waals surface area (Å²) in [6.07, 6.45) is 7.83. The van der Waals surface area contributed by atoms with Crippen molar-refractivity contribution in [2.24, 2.45) is 7.05 Å². The maximum atomic E-state index is 12.6. The van der Waals surface area contributed by atoms with Gasteiger partial charge in [-0.25, -0.2) is 9.97 Å². The second-order valence-corrected chi connectivity index (χ2v) is 7.64. The molecule has 2 aromatic heterocycles. The highest BCUT2D eigenvalue weighted by Gasteiger charge is 2.25. The Morgan fingerprint density at radius 3 is 2.79 bits per heavy atom. The summed E-state index contributed by atoms with van der Waals surface area (Å²) in [5, 5.41) is 7.15. The summed E-state index contributed by atoms with van der Waals surface area (Å²) in [4.78, 5) is 24.2. The number of aromatic nitrogens is 4. The van der Waals surface area contributed by atoms with Gasteiger partial charge in [-0.2, -0.15) is 5.10 Å². The maximum absolute atomic E-state index is 12.6. The van der Waals surface area contributed by atoms with Crippen molar-refractivity contribution in [1.82, 2.24) is 24.6 Å². The Morgan fingerprint density at radius 1 is 1.24 bits per heavy atom. The molecule has 0 saturated carbocycles. The molecule has 1 saturated heterocycles. The van der Waals surface area contributed by atoms with E-state index in [0.717, 1.165) is 44.0 Å². The van der Waals surface area contributed by atoms with E-state index in [2.05, 4.69) is 26.5 Å². The molecule has 4 rings (SSSR count). The van der Waals surface area contributed by atoms with Gasteiger partial charge in [0.15, 0.2) is 0 Å². The van der Waals surface area contributed by atoms with Crippen molar-refractivity contribution in [3.8, 4) is 0 Å². The minimum atomic E-state index is -0.179. The van der Waals surface area contributed by atoms with Crippen LogP contribution in [0.2, 0.25) is 0 Å². The Labute approximate surface area is 170 Å². The monoisotopic (exact) mass is 390 g/mol. The maximum Gasteiger partial charge on any atom is 0.259 e. The molecule has 1 aliphatic rings. The van der Waals surface area contributed by atoms with Crippen LogP contribution < -0.4 is 5.32 Å². The van der Waals surface area contributed by atoms with Gasteiger partial charge in [0.2, 0.25) is 0 Å². The minimum absolute atomic E-state index is 0.179. The fourth-order valence-electron chi connectivity index (χ4n) is 3.85. The van der Waals surface area contributed by atoms with E-state index in [1.54, 1.807) is 6.20 Å². The summed E-state index contributed by atoms with van der Waals surface area (Å²) in [5.41, 5.74) is 3.21. The van der Waals surface area contributed by atoms with Crippen LogP contribution in [0.25, 0.3) is 0 Å². The van der Waals surface area contributed by atoms with Gasteiger partial charge < -0.3 is 5.32 Å². The number of para-hydroxylation sites is 1. The number of carbonyl (C=O) groups is 1. The number of rotatable bonds is 5. The second kappa shape index (κ2) is 8.53. The quantitative estimate of drug-likeness (QED) is 0.724. The van der Waals surface area contributed by atoms with E-state index < -0.39 is 0 Å². The van der Waals surface area contributed by atoms with Gasteiger partial charge in [-0.1, -0.05) is 18.2 Å². The lowest BCUT2D eigenvalue weighted by Gasteiger charge is -2.31. The number of amides is 1. The molecule has 7 nitrogen and oxygen atoms in total. The highest BCUT2D eigenvalue weighted by atomic mass is 16.1. The van der Waals surface area contributed by atoms with Gasteiger partial charge in [-0.3, -0.25) is 14.4 Å². The summed E-state index contributed by atoms with van der Waals surface area (Å²) in [5.74, 6) is 0.933. The fraction of sp³-hybridized carbons (Fsp3) is 0.364. The number of likely N-dealkylation sites (tertiary alicyclic amines) is 1. The molecule has 1 aliphatic heterocycles. The van der Waals surface area contributed by atoms with Gasteiger partial charge in [-0.05, 0) is 38.4 Å². The van der Waals surface area contributed by atoms with Crippen LogP contribution in [0, 0.1) is 6.92 Å². The number of carbonyl (C=O) groups excluding carboxylic acids is 1. The number of hydrogen-bond acceptors (Lipinski definition) is 5. The van der Waals surface area contributed by atoms with Gasteiger partial charge >= 0.3 is 0 Å². The molecule has 150 valence electrons. The zero-order valence-corrected chi connectivity index (χ0v) is 16.9. The first-order valence-electron chi connectivity index (χ1n) is 9.98.